The van der Waals surface area contributed by atoms with Gasteiger partial charge in [-0.05, 0) is 38.1 Å². The minimum absolute atomic E-state index is 0.348. The molecule has 0 unspecified atom stereocenters. The number of rotatable bonds is 4. The Kier molecular flexibility index (Phi) is 6.34. The fourth-order valence-corrected chi connectivity index (χ4v) is 3.52. The predicted octanol–water partition coefficient (Wildman–Crippen LogP) is 4.61. The number of hydrogen-bond donors (Lipinski definition) is 2. The number of halogens is 3. The van der Waals surface area contributed by atoms with Crippen molar-refractivity contribution in [2.24, 2.45) is 0 Å². The highest BCUT2D eigenvalue weighted by molar-refractivity contribution is 5.89. The van der Waals surface area contributed by atoms with Crippen molar-refractivity contribution in [1.29, 1.82) is 0 Å². The number of nitrogens with one attached hydrogen (secondary N) is 2. The van der Waals surface area contributed by atoms with Gasteiger partial charge in [-0.2, -0.15) is 0 Å². The first kappa shape index (κ1) is 22.4. The van der Waals surface area contributed by atoms with E-state index < -0.39 is 29.2 Å². The summed E-state index contributed by atoms with van der Waals surface area (Å²) in [6, 6.07) is 11.0. The van der Waals surface area contributed by atoms with E-state index in [1.54, 1.807) is 0 Å². The molecule has 0 spiro atoms. The number of nitrogens with zero attached hydrogens (tertiary/aromatic N) is 4. The molecule has 10 heteroatoms. The van der Waals surface area contributed by atoms with E-state index in [0.717, 1.165) is 29.2 Å². The molecule has 33 heavy (non-hydrogen) atoms. The molecule has 1 aliphatic rings. The average molecular weight is 456 g/mol. The third kappa shape index (κ3) is 5.16. The zero-order valence-corrected chi connectivity index (χ0v) is 18.2. The van der Waals surface area contributed by atoms with Gasteiger partial charge in [0.1, 0.15) is 17.5 Å². The number of amides is 2. The molecule has 7 nitrogen and oxygen atoms in total. The largest absolute Gasteiger partial charge is 0.353 e. The maximum absolute atomic E-state index is 13.8. The zero-order valence-electron chi connectivity index (χ0n) is 18.2. The van der Waals surface area contributed by atoms with Crippen LogP contribution in [0.2, 0.25) is 0 Å². The summed E-state index contributed by atoms with van der Waals surface area (Å²) in [4.78, 5) is 24.9. The fourth-order valence-electron chi connectivity index (χ4n) is 3.52. The monoisotopic (exact) mass is 456 g/mol. The van der Waals surface area contributed by atoms with Gasteiger partial charge in [0, 0.05) is 37.9 Å². The van der Waals surface area contributed by atoms with Crippen LogP contribution >= 0.6 is 0 Å². The summed E-state index contributed by atoms with van der Waals surface area (Å²) in [6.45, 7) is 5.51. The van der Waals surface area contributed by atoms with E-state index >= 15 is 0 Å². The Hall–Kier alpha value is -3.82. The number of carbonyl (C=O) groups is 1. The molecular weight excluding hydrogens is 433 g/mol. The summed E-state index contributed by atoms with van der Waals surface area (Å²) >= 11 is 0. The second-order valence-electron chi connectivity index (χ2n) is 7.78. The highest BCUT2D eigenvalue weighted by atomic mass is 19.2. The molecule has 2 heterocycles. The van der Waals surface area contributed by atoms with E-state index in [1.807, 2.05) is 49.1 Å². The van der Waals surface area contributed by atoms with Crippen LogP contribution in [0.5, 0.6) is 0 Å². The second-order valence-corrected chi connectivity index (χ2v) is 7.78. The van der Waals surface area contributed by atoms with Gasteiger partial charge >= 0.3 is 6.03 Å². The lowest BCUT2D eigenvalue weighted by atomic mass is 10.2. The molecule has 1 aliphatic heterocycles. The van der Waals surface area contributed by atoms with Crippen molar-refractivity contribution in [2.75, 3.05) is 41.7 Å². The first-order valence-corrected chi connectivity index (χ1v) is 10.4. The lowest BCUT2D eigenvalue weighted by Gasteiger charge is -2.35. The van der Waals surface area contributed by atoms with Crippen LogP contribution in [0.3, 0.4) is 0 Å². The average Bonchev–Trinajstić information content (AvgIpc) is 2.80. The van der Waals surface area contributed by atoms with Crippen LogP contribution in [0.1, 0.15) is 11.4 Å². The van der Waals surface area contributed by atoms with Crippen molar-refractivity contribution in [3.05, 3.63) is 71.3 Å². The summed E-state index contributed by atoms with van der Waals surface area (Å²) in [5.41, 5.74) is 1.67. The topological polar surface area (TPSA) is 73.4 Å². The number of aromatic nitrogens is 2. The van der Waals surface area contributed by atoms with Crippen molar-refractivity contribution >= 4 is 29.0 Å². The third-order valence-corrected chi connectivity index (χ3v) is 5.32. The van der Waals surface area contributed by atoms with Gasteiger partial charge in [0.15, 0.2) is 17.5 Å². The molecule has 4 rings (SSSR count). The van der Waals surface area contributed by atoms with Crippen LogP contribution in [0.25, 0.3) is 0 Å². The second kappa shape index (κ2) is 9.35. The molecule has 2 amide bonds. The zero-order chi connectivity index (χ0) is 23.5. The van der Waals surface area contributed by atoms with Gasteiger partial charge in [0.25, 0.3) is 0 Å². The first-order valence-electron chi connectivity index (χ1n) is 10.4. The molecule has 2 N–H and O–H groups in total. The minimum atomic E-state index is -1.62. The Balaban J connectivity index is 1.39. The summed E-state index contributed by atoms with van der Waals surface area (Å²) in [5, 5.41) is 5.58. The summed E-state index contributed by atoms with van der Waals surface area (Å²) in [6.07, 6.45) is 0. The van der Waals surface area contributed by atoms with Crippen LogP contribution in [0.4, 0.5) is 41.0 Å². The van der Waals surface area contributed by atoms with Crippen molar-refractivity contribution in [1.82, 2.24) is 14.9 Å². The lowest BCUT2D eigenvalue weighted by molar-refractivity contribution is 0.208. The highest BCUT2D eigenvalue weighted by Crippen LogP contribution is 2.23. The van der Waals surface area contributed by atoms with Gasteiger partial charge in [-0.1, -0.05) is 17.7 Å². The van der Waals surface area contributed by atoms with E-state index in [0.29, 0.717) is 37.8 Å². The van der Waals surface area contributed by atoms with Crippen molar-refractivity contribution < 1.29 is 18.0 Å². The number of urea groups is 1. The van der Waals surface area contributed by atoms with Crippen LogP contribution < -0.4 is 15.5 Å². The quantitative estimate of drug-likeness (QED) is 0.561. The van der Waals surface area contributed by atoms with Crippen molar-refractivity contribution in [2.45, 2.75) is 13.8 Å². The molecule has 0 aliphatic carbocycles. The maximum Gasteiger partial charge on any atom is 0.322 e. The lowest BCUT2D eigenvalue weighted by Crippen LogP contribution is -2.50. The Morgan fingerprint density at radius 2 is 1.61 bits per heavy atom. The number of hydrogen-bond acceptors (Lipinski definition) is 5. The van der Waals surface area contributed by atoms with Gasteiger partial charge in [-0.3, -0.25) is 0 Å². The Morgan fingerprint density at radius 1 is 0.909 bits per heavy atom. The molecule has 0 bridgehead atoms. The molecule has 1 fully saturated rings. The van der Waals surface area contributed by atoms with E-state index in [1.165, 1.54) is 4.90 Å². The van der Waals surface area contributed by atoms with Crippen molar-refractivity contribution in [3.8, 4) is 0 Å². The van der Waals surface area contributed by atoms with E-state index in [4.69, 9.17) is 0 Å². The van der Waals surface area contributed by atoms with E-state index in [9.17, 15) is 18.0 Å². The SMILES string of the molecule is Cc1ccc(Nc2cc(N3CCN(C(=O)Nc4ccc(F)c(F)c4F)CC3)nc(C)n2)cc1. The number of benzene rings is 2. The van der Waals surface area contributed by atoms with Crippen LogP contribution in [-0.2, 0) is 0 Å². The molecule has 1 aromatic heterocycles. The molecule has 3 aromatic rings. The fraction of sp³-hybridized carbons (Fsp3) is 0.261. The molecule has 0 saturated carbocycles. The van der Waals surface area contributed by atoms with Crippen LogP contribution in [-0.4, -0.2) is 47.1 Å². The van der Waals surface area contributed by atoms with Gasteiger partial charge < -0.3 is 20.4 Å². The summed E-state index contributed by atoms with van der Waals surface area (Å²) < 4.78 is 40.3. The van der Waals surface area contributed by atoms with Crippen molar-refractivity contribution in [3.63, 3.8) is 0 Å². The molecule has 0 radical (unpaired) electrons. The number of carbonyl (C=O) groups excluding carboxylic acids is 1. The number of aryl methyl sites for hydroxylation is 2. The smallest absolute Gasteiger partial charge is 0.322 e. The number of anilines is 4. The standard InChI is InChI=1S/C23H23F3N6O/c1-14-3-5-16(6-4-14)29-19-13-20(28-15(2)27-19)31-9-11-32(12-10-31)23(33)30-18-8-7-17(24)21(25)22(18)26/h3-8,13H,9-12H2,1-2H3,(H,30,33)(H,27,28,29). The predicted molar refractivity (Wildman–Crippen MR) is 120 cm³/mol. The molecular formula is C23H23F3N6O. The first-order chi connectivity index (χ1) is 15.8. The van der Waals surface area contributed by atoms with Gasteiger partial charge in [-0.15, -0.1) is 0 Å². The Morgan fingerprint density at radius 3 is 2.30 bits per heavy atom. The Labute approximate surface area is 189 Å². The normalized spacial score (nSPS) is 13.7. The molecule has 1 saturated heterocycles. The van der Waals surface area contributed by atoms with Gasteiger partial charge in [-0.25, -0.2) is 27.9 Å². The number of piperazine rings is 1. The van der Waals surface area contributed by atoms with Gasteiger partial charge in [0.05, 0.1) is 5.69 Å². The van der Waals surface area contributed by atoms with Crippen LogP contribution in [0, 0.1) is 31.3 Å². The van der Waals surface area contributed by atoms with E-state index in [-0.39, 0.29) is 0 Å². The molecule has 172 valence electrons. The molecule has 2 aromatic carbocycles. The molecule has 0 atom stereocenters. The third-order valence-electron chi connectivity index (χ3n) is 5.32. The van der Waals surface area contributed by atoms with Gasteiger partial charge in [0.2, 0.25) is 0 Å². The summed E-state index contributed by atoms with van der Waals surface area (Å²) in [7, 11) is 0. The van der Waals surface area contributed by atoms with E-state index in [2.05, 4.69) is 20.6 Å². The Bertz CT molecular complexity index is 1160. The summed E-state index contributed by atoms with van der Waals surface area (Å²) in [5.74, 6) is -2.36. The van der Waals surface area contributed by atoms with Crippen LogP contribution in [0.15, 0.2) is 42.5 Å². The maximum atomic E-state index is 13.8. The minimum Gasteiger partial charge on any atom is -0.353 e. The highest BCUT2D eigenvalue weighted by Gasteiger charge is 2.24.